The first-order valence-corrected chi connectivity index (χ1v) is 11.6. The molecule has 0 aromatic heterocycles. The van der Waals surface area contributed by atoms with E-state index in [2.05, 4.69) is 0 Å². The van der Waals surface area contributed by atoms with Crippen molar-refractivity contribution in [1.82, 2.24) is 4.90 Å². The van der Waals surface area contributed by atoms with Crippen LogP contribution in [0, 0.1) is 5.82 Å². The molecule has 0 N–H and O–H groups in total. The molecule has 2 aromatic rings. The Hall–Kier alpha value is -1.92. The van der Waals surface area contributed by atoms with E-state index in [1.54, 1.807) is 17.0 Å². The van der Waals surface area contributed by atoms with Gasteiger partial charge in [0.25, 0.3) is 5.91 Å². The molecular weight excluding hydrogens is 401 g/mol. The van der Waals surface area contributed by atoms with Crippen LogP contribution in [0.4, 0.5) is 4.39 Å². The predicted octanol–water partition coefficient (Wildman–Crippen LogP) is 4.51. The summed E-state index contributed by atoms with van der Waals surface area (Å²) in [5.41, 5.74) is 1.14. The highest BCUT2D eigenvalue weighted by Crippen LogP contribution is 2.28. The Morgan fingerprint density at radius 3 is 2.39 bits per heavy atom. The SMILES string of the molecule is CS(=O)(=O)c1ccc(Cl)c(C(=O)N(CCc2ccc(F)cc2)C2CCCC2)c1. The number of carbonyl (C=O) groups is 1. The molecule has 0 heterocycles. The molecule has 4 nitrogen and oxygen atoms in total. The highest BCUT2D eigenvalue weighted by molar-refractivity contribution is 7.90. The van der Waals surface area contributed by atoms with E-state index in [0.717, 1.165) is 37.5 Å². The van der Waals surface area contributed by atoms with Crippen LogP contribution in [0.25, 0.3) is 0 Å². The molecule has 150 valence electrons. The van der Waals surface area contributed by atoms with Gasteiger partial charge in [0.2, 0.25) is 0 Å². The predicted molar refractivity (Wildman–Crippen MR) is 108 cm³/mol. The van der Waals surface area contributed by atoms with E-state index in [-0.39, 0.29) is 33.2 Å². The molecule has 0 saturated heterocycles. The zero-order valence-electron chi connectivity index (χ0n) is 15.7. The fraction of sp³-hybridized carbons (Fsp3) is 0.381. The Balaban J connectivity index is 1.87. The van der Waals surface area contributed by atoms with Gasteiger partial charge in [0.05, 0.1) is 15.5 Å². The van der Waals surface area contributed by atoms with Crippen molar-refractivity contribution >= 4 is 27.3 Å². The minimum absolute atomic E-state index is 0.0742. The quantitative estimate of drug-likeness (QED) is 0.686. The zero-order valence-corrected chi connectivity index (χ0v) is 17.3. The average Bonchev–Trinajstić information content (AvgIpc) is 3.17. The molecule has 0 unspecified atom stereocenters. The fourth-order valence-corrected chi connectivity index (χ4v) is 4.47. The molecule has 0 bridgehead atoms. The molecular formula is C21H23ClFNO3S. The zero-order chi connectivity index (χ0) is 20.3. The van der Waals surface area contributed by atoms with E-state index < -0.39 is 9.84 Å². The second-order valence-electron chi connectivity index (χ2n) is 7.23. The van der Waals surface area contributed by atoms with Gasteiger partial charge in [-0.05, 0) is 55.2 Å². The van der Waals surface area contributed by atoms with Crippen molar-refractivity contribution in [2.45, 2.75) is 43.0 Å². The summed E-state index contributed by atoms with van der Waals surface area (Å²) >= 11 is 6.24. The summed E-state index contributed by atoms with van der Waals surface area (Å²) in [6, 6.07) is 10.6. The second-order valence-corrected chi connectivity index (χ2v) is 9.65. The number of hydrogen-bond donors (Lipinski definition) is 0. The molecule has 1 aliphatic carbocycles. The number of hydrogen-bond acceptors (Lipinski definition) is 3. The maximum atomic E-state index is 13.3. The average molecular weight is 424 g/mol. The van der Waals surface area contributed by atoms with Crippen LogP contribution >= 0.6 is 11.6 Å². The molecule has 3 rings (SSSR count). The van der Waals surface area contributed by atoms with E-state index in [9.17, 15) is 17.6 Å². The van der Waals surface area contributed by atoms with Crippen molar-refractivity contribution in [2.24, 2.45) is 0 Å². The maximum Gasteiger partial charge on any atom is 0.255 e. The summed E-state index contributed by atoms with van der Waals surface area (Å²) in [5, 5.41) is 0.238. The van der Waals surface area contributed by atoms with Gasteiger partial charge in [-0.25, -0.2) is 12.8 Å². The van der Waals surface area contributed by atoms with E-state index in [4.69, 9.17) is 11.6 Å². The van der Waals surface area contributed by atoms with E-state index >= 15 is 0 Å². The van der Waals surface area contributed by atoms with Gasteiger partial charge in [0.15, 0.2) is 9.84 Å². The van der Waals surface area contributed by atoms with Crippen LogP contribution in [0.15, 0.2) is 47.4 Å². The Kier molecular flexibility index (Phi) is 6.40. The summed E-state index contributed by atoms with van der Waals surface area (Å²) in [5.74, 6) is -0.554. The minimum Gasteiger partial charge on any atom is -0.335 e. The Bertz CT molecular complexity index is 954. The van der Waals surface area contributed by atoms with Gasteiger partial charge >= 0.3 is 0 Å². The largest absolute Gasteiger partial charge is 0.335 e. The molecule has 2 aromatic carbocycles. The molecule has 1 fully saturated rings. The lowest BCUT2D eigenvalue weighted by Crippen LogP contribution is -2.40. The first-order chi connectivity index (χ1) is 13.3. The highest BCUT2D eigenvalue weighted by atomic mass is 35.5. The molecule has 28 heavy (non-hydrogen) atoms. The number of sulfone groups is 1. The Labute approximate surface area is 170 Å². The summed E-state index contributed by atoms with van der Waals surface area (Å²) in [4.78, 5) is 15.2. The van der Waals surface area contributed by atoms with Crippen LogP contribution in [-0.2, 0) is 16.3 Å². The maximum absolute atomic E-state index is 13.3. The molecule has 1 saturated carbocycles. The number of nitrogens with zero attached hydrogens (tertiary/aromatic N) is 1. The topological polar surface area (TPSA) is 54.5 Å². The molecule has 1 aliphatic rings. The monoisotopic (exact) mass is 423 g/mol. The Morgan fingerprint density at radius 2 is 1.79 bits per heavy atom. The molecule has 0 radical (unpaired) electrons. The van der Waals surface area contributed by atoms with E-state index in [1.807, 2.05) is 0 Å². The van der Waals surface area contributed by atoms with Gasteiger partial charge in [-0.3, -0.25) is 4.79 Å². The van der Waals surface area contributed by atoms with Crippen molar-refractivity contribution in [2.75, 3.05) is 12.8 Å². The summed E-state index contributed by atoms with van der Waals surface area (Å²) in [6.45, 7) is 0.467. The normalized spacial score (nSPS) is 15.0. The third-order valence-electron chi connectivity index (χ3n) is 5.18. The molecule has 0 aliphatic heterocycles. The lowest BCUT2D eigenvalue weighted by molar-refractivity contribution is 0.0684. The summed E-state index contributed by atoms with van der Waals surface area (Å²) < 4.78 is 36.9. The molecule has 7 heteroatoms. The smallest absolute Gasteiger partial charge is 0.255 e. The first kappa shape index (κ1) is 20.8. The number of halogens is 2. The highest BCUT2D eigenvalue weighted by Gasteiger charge is 2.29. The molecule has 0 spiro atoms. The van der Waals surface area contributed by atoms with E-state index in [0.29, 0.717) is 13.0 Å². The van der Waals surface area contributed by atoms with Crippen molar-refractivity contribution in [3.8, 4) is 0 Å². The van der Waals surface area contributed by atoms with Crippen LogP contribution in [0.2, 0.25) is 5.02 Å². The van der Waals surface area contributed by atoms with Crippen LogP contribution in [0.5, 0.6) is 0 Å². The lowest BCUT2D eigenvalue weighted by atomic mass is 10.1. The fourth-order valence-electron chi connectivity index (χ4n) is 3.62. The van der Waals surface area contributed by atoms with Crippen LogP contribution in [0.3, 0.4) is 0 Å². The standard InChI is InChI=1S/C21H23ClFNO3S/c1-28(26,27)18-10-11-20(22)19(14-18)21(25)24(17-4-2-3-5-17)13-12-15-6-8-16(23)9-7-15/h6-11,14,17H,2-5,12-13H2,1H3. The second kappa shape index (κ2) is 8.62. The number of benzene rings is 2. The van der Waals surface area contributed by atoms with Crippen molar-refractivity contribution in [3.63, 3.8) is 0 Å². The van der Waals surface area contributed by atoms with Crippen molar-refractivity contribution in [1.29, 1.82) is 0 Å². The van der Waals surface area contributed by atoms with Gasteiger partial charge in [-0.2, -0.15) is 0 Å². The van der Waals surface area contributed by atoms with Crippen LogP contribution < -0.4 is 0 Å². The van der Waals surface area contributed by atoms with Gasteiger partial charge in [-0.1, -0.05) is 36.6 Å². The van der Waals surface area contributed by atoms with Gasteiger partial charge in [-0.15, -0.1) is 0 Å². The van der Waals surface area contributed by atoms with Crippen molar-refractivity contribution in [3.05, 3.63) is 64.4 Å². The van der Waals surface area contributed by atoms with Crippen molar-refractivity contribution < 1.29 is 17.6 Å². The first-order valence-electron chi connectivity index (χ1n) is 9.31. The summed E-state index contributed by atoms with van der Waals surface area (Å²) in [6.07, 6.45) is 5.64. The van der Waals surface area contributed by atoms with Crippen LogP contribution in [0.1, 0.15) is 41.6 Å². The lowest BCUT2D eigenvalue weighted by Gasteiger charge is -2.29. The number of rotatable bonds is 6. The van der Waals surface area contributed by atoms with Gasteiger partial charge < -0.3 is 4.90 Å². The van der Waals surface area contributed by atoms with Crippen LogP contribution in [-0.4, -0.2) is 38.1 Å². The molecule has 1 amide bonds. The third kappa shape index (κ3) is 4.92. The Morgan fingerprint density at radius 1 is 1.14 bits per heavy atom. The third-order valence-corrected chi connectivity index (χ3v) is 6.62. The summed E-state index contributed by atoms with van der Waals surface area (Å²) in [7, 11) is -3.44. The van der Waals surface area contributed by atoms with Gasteiger partial charge in [0.1, 0.15) is 5.82 Å². The van der Waals surface area contributed by atoms with Gasteiger partial charge in [0, 0.05) is 18.8 Å². The van der Waals surface area contributed by atoms with E-state index in [1.165, 1.54) is 30.3 Å². The minimum atomic E-state index is -3.44. The number of carbonyl (C=O) groups excluding carboxylic acids is 1. The molecule has 0 atom stereocenters. The number of amides is 1.